The fourth-order valence-electron chi connectivity index (χ4n) is 4.53. The second-order valence-corrected chi connectivity index (χ2v) is 10.3. The number of aromatic nitrogens is 4. The molecule has 186 valence electrons. The van der Waals surface area contributed by atoms with Gasteiger partial charge < -0.3 is 10.2 Å². The molecule has 4 rings (SSSR count). The zero-order chi connectivity index (χ0) is 24.8. The second kappa shape index (κ2) is 11.5. The summed E-state index contributed by atoms with van der Waals surface area (Å²) in [6.45, 7) is 4.29. The number of rotatable bonds is 10. The van der Waals surface area contributed by atoms with Crippen LogP contribution in [0.15, 0.2) is 41.8 Å². The predicted molar refractivity (Wildman–Crippen MR) is 132 cm³/mol. The zero-order valence-electron chi connectivity index (χ0n) is 20.1. The van der Waals surface area contributed by atoms with Crippen LogP contribution in [0.3, 0.4) is 0 Å². The van der Waals surface area contributed by atoms with Crippen molar-refractivity contribution < 1.29 is 14.0 Å². The molecule has 1 atom stereocenters. The number of benzene rings is 1. The molecule has 1 aliphatic carbocycles. The molecule has 0 spiro atoms. The Morgan fingerprint density at radius 3 is 2.60 bits per heavy atom. The highest BCUT2D eigenvalue weighted by molar-refractivity contribution is 7.13. The summed E-state index contributed by atoms with van der Waals surface area (Å²) in [6, 6.07) is 9.25. The van der Waals surface area contributed by atoms with E-state index in [1.807, 2.05) is 31.4 Å². The maximum Gasteiger partial charge on any atom is 0.247 e. The lowest BCUT2D eigenvalue weighted by atomic mass is 9.99. The van der Waals surface area contributed by atoms with Gasteiger partial charge in [-0.15, -0.1) is 21.5 Å². The van der Waals surface area contributed by atoms with Gasteiger partial charge in [-0.3, -0.25) is 9.59 Å². The Balaban J connectivity index is 1.52. The third-order valence-electron chi connectivity index (χ3n) is 6.19. The summed E-state index contributed by atoms with van der Waals surface area (Å²) in [5.74, 6) is -0.0115. The quantitative estimate of drug-likeness (QED) is 0.455. The SMILES string of the molecule is CC(C)CC(C(=O)NCc1ccc(F)cc1)N(C(=O)Cn1nnc(-c2cccs2)n1)C1CCCC1. The van der Waals surface area contributed by atoms with Crippen molar-refractivity contribution >= 4 is 23.2 Å². The number of hydrogen-bond acceptors (Lipinski definition) is 6. The fourth-order valence-corrected chi connectivity index (χ4v) is 5.18. The largest absolute Gasteiger partial charge is 0.350 e. The summed E-state index contributed by atoms with van der Waals surface area (Å²) in [5, 5.41) is 17.4. The monoisotopic (exact) mass is 498 g/mol. The minimum absolute atomic E-state index is 0.00288. The highest BCUT2D eigenvalue weighted by Gasteiger charge is 2.37. The molecule has 0 saturated heterocycles. The van der Waals surface area contributed by atoms with Gasteiger partial charge in [0.1, 0.15) is 18.4 Å². The first-order valence-electron chi connectivity index (χ1n) is 12.1. The second-order valence-electron chi connectivity index (χ2n) is 9.35. The lowest BCUT2D eigenvalue weighted by Crippen LogP contribution is -2.54. The van der Waals surface area contributed by atoms with E-state index >= 15 is 0 Å². The van der Waals surface area contributed by atoms with Crippen molar-refractivity contribution in [3.05, 3.63) is 53.2 Å². The average molecular weight is 499 g/mol. The molecule has 0 bridgehead atoms. The lowest BCUT2D eigenvalue weighted by Gasteiger charge is -2.36. The highest BCUT2D eigenvalue weighted by atomic mass is 32.1. The summed E-state index contributed by atoms with van der Waals surface area (Å²) in [5.41, 5.74) is 0.801. The highest BCUT2D eigenvalue weighted by Crippen LogP contribution is 2.28. The van der Waals surface area contributed by atoms with Crippen LogP contribution in [0.2, 0.25) is 0 Å². The van der Waals surface area contributed by atoms with E-state index in [2.05, 4.69) is 20.7 Å². The van der Waals surface area contributed by atoms with Gasteiger partial charge in [-0.2, -0.15) is 4.80 Å². The minimum Gasteiger partial charge on any atom is -0.350 e. The average Bonchev–Trinajstić information content (AvgIpc) is 3.60. The Labute approximate surface area is 208 Å². The van der Waals surface area contributed by atoms with E-state index in [9.17, 15) is 14.0 Å². The fraction of sp³-hybridized carbons (Fsp3) is 0.480. The molecule has 8 nitrogen and oxygen atoms in total. The van der Waals surface area contributed by atoms with E-state index in [0.29, 0.717) is 12.2 Å². The first-order valence-corrected chi connectivity index (χ1v) is 12.9. The number of nitrogens with one attached hydrogen (secondary N) is 1. The smallest absolute Gasteiger partial charge is 0.247 e. The predicted octanol–water partition coefficient (Wildman–Crippen LogP) is 4.04. The third-order valence-corrected chi connectivity index (χ3v) is 7.06. The number of carbonyl (C=O) groups is 2. The van der Waals surface area contributed by atoms with Gasteiger partial charge in [0.2, 0.25) is 17.6 Å². The molecule has 2 heterocycles. The normalized spacial score (nSPS) is 14.9. The van der Waals surface area contributed by atoms with E-state index in [0.717, 1.165) is 36.1 Å². The van der Waals surface area contributed by atoms with Crippen LogP contribution in [-0.4, -0.2) is 49.0 Å². The summed E-state index contributed by atoms with van der Waals surface area (Å²) in [6.07, 6.45) is 4.35. The lowest BCUT2D eigenvalue weighted by molar-refractivity contribution is -0.144. The van der Waals surface area contributed by atoms with Gasteiger partial charge in [0.25, 0.3) is 0 Å². The van der Waals surface area contributed by atoms with Crippen molar-refractivity contribution in [2.45, 2.75) is 71.1 Å². The molecule has 1 aliphatic rings. The molecule has 1 fully saturated rings. The molecule has 2 amide bonds. The van der Waals surface area contributed by atoms with Crippen LogP contribution >= 0.6 is 11.3 Å². The summed E-state index contributed by atoms with van der Waals surface area (Å²) in [7, 11) is 0. The molecule has 1 N–H and O–H groups in total. The van der Waals surface area contributed by atoms with Crippen molar-refractivity contribution in [1.29, 1.82) is 0 Å². The Kier molecular flexibility index (Phi) is 8.22. The summed E-state index contributed by atoms with van der Waals surface area (Å²) >= 11 is 1.51. The summed E-state index contributed by atoms with van der Waals surface area (Å²) in [4.78, 5) is 31.0. The van der Waals surface area contributed by atoms with Crippen LogP contribution in [0.25, 0.3) is 10.7 Å². The molecule has 3 aromatic rings. The van der Waals surface area contributed by atoms with E-state index in [4.69, 9.17) is 0 Å². The van der Waals surface area contributed by atoms with Crippen molar-refractivity contribution in [1.82, 2.24) is 30.4 Å². The number of thiophene rings is 1. The molecular weight excluding hydrogens is 467 g/mol. The summed E-state index contributed by atoms with van der Waals surface area (Å²) < 4.78 is 13.2. The van der Waals surface area contributed by atoms with E-state index in [1.165, 1.54) is 28.3 Å². The molecular formula is C25H31FN6O2S. The number of halogens is 1. The molecule has 0 aliphatic heterocycles. The molecule has 10 heteroatoms. The minimum atomic E-state index is -0.605. The third kappa shape index (κ3) is 6.50. The standard InChI is InChI=1S/C25H31FN6O2S/c1-17(2)14-21(25(34)27-15-18-9-11-19(26)12-10-18)32(20-6-3-4-7-20)23(33)16-31-29-24(28-30-31)22-8-5-13-35-22/h5,8-13,17,20-21H,3-4,6-7,14-16H2,1-2H3,(H,27,34). The molecule has 1 unspecified atom stereocenters. The number of amides is 2. The Bertz CT molecular complexity index is 1110. The first kappa shape index (κ1) is 25.0. The molecule has 1 aromatic carbocycles. The topological polar surface area (TPSA) is 93.0 Å². The molecule has 0 radical (unpaired) electrons. The van der Waals surface area contributed by atoms with Crippen LogP contribution in [0.1, 0.15) is 51.5 Å². The Morgan fingerprint density at radius 1 is 1.20 bits per heavy atom. The Morgan fingerprint density at radius 2 is 1.94 bits per heavy atom. The van der Waals surface area contributed by atoms with Crippen molar-refractivity contribution in [2.24, 2.45) is 5.92 Å². The molecule has 35 heavy (non-hydrogen) atoms. The van der Waals surface area contributed by atoms with Gasteiger partial charge in [-0.25, -0.2) is 4.39 Å². The number of hydrogen-bond donors (Lipinski definition) is 1. The van der Waals surface area contributed by atoms with Crippen molar-refractivity contribution in [3.8, 4) is 10.7 Å². The first-order chi connectivity index (χ1) is 16.9. The van der Waals surface area contributed by atoms with Gasteiger partial charge in [0, 0.05) is 12.6 Å². The zero-order valence-corrected chi connectivity index (χ0v) is 20.9. The molecule has 1 saturated carbocycles. The van der Waals surface area contributed by atoms with Gasteiger partial charge >= 0.3 is 0 Å². The van der Waals surface area contributed by atoms with Crippen molar-refractivity contribution in [2.75, 3.05) is 0 Å². The van der Waals surface area contributed by atoms with Gasteiger partial charge in [0.05, 0.1) is 4.88 Å². The van der Waals surface area contributed by atoms with Crippen LogP contribution in [0.5, 0.6) is 0 Å². The maximum absolute atomic E-state index is 13.6. The van der Waals surface area contributed by atoms with Gasteiger partial charge in [-0.05, 0) is 59.5 Å². The van der Waals surface area contributed by atoms with Crippen molar-refractivity contribution in [3.63, 3.8) is 0 Å². The van der Waals surface area contributed by atoms with E-state index < -0.39 is 6.04 Å². The van der Waals surface area contributed by atoms with E-state index in [1.54, 1.807) is 17.0 Å². The van der Waals surface area contributed by atoms with Crippen LogP contribution in [0.4, 0.5) is 4.39 Å². The number of carbonyl (C=O) groups excluding carboxylic acids is 2. The van der Waals surface area contributed by atoms with Crippen LogP contribution in [-0.2, 0) is 22.7 Å². The van der Waals surface area contributed by atoms with Crippen LogP contribution in [0, 0.1) is 11.7 Å². The number of nitrogens with zero attached hydrogens (tertiary/aromatic N) is 5. The van der Waals surface area contributed by atoms with Gasteiger partial charge in [0.15, 0.2) is 0 Å². The Hall–Kier alpha value is -3.14. The molecule has 2 aromatic heterocycles. The van der Waals surface area contributed by atoms with Crippen LogP contribution < -0.4 is 5.32 Å². The van der Waals surface area contributed by atoms with Gasteiger partial charge in [-0.1, -0.05) is 44.9 Å². The van der Waals surface area contributed by atoms with E-state index in [-0.39, 0.29) is 42.7 Å². The maximum atomic E-state index is 13.6. The number of tetrazole rings is 1.